The van der Waals surface area contributed by atoms with Gasteiger partial charge in [0.05, 0.1) is 6.42 Å². The Labute approximate surface area is 144 Å². The van der Waals surface area contributed by atoms with Crippen molar-refractivity contribution in [2.75, 3.05) is 0 Å². The van der Waals surface area contributed by atoms with E-state index in [2.05, 4.69) is 10.9 Å². The zero-order valence-corrected chi connectivity index (χ0v) is 13.8. The van der Waals surface area contributed by atoms with Gasteiger partial charge in [0.25, 0.3) is 0 Å². The normalized spacial score (nSPS) is 10.2. The van der Waals surface area contributed by atoms with E-state index in [1.54, 1.807) is 30.3 Å². The van der Waals surface area contributed by atoms with Gasteiger partial charge < -0.3 is 0 Å². The van der Waals surface area contributed by atoms with Crippen LogP contribution in [-0.4, -0.2) is 11.8 Å². The summed E-state index contributed by atoms with van der Waals surface area (Å²) >= 11 is 11.7. The van der Waals surface area contributed by atoms with E-state index in [0.29, 0.717) is 16.5 Å². The van der Waals surface area contributed by atoms with Crippen molar-refractivity contribution in [3.05, 3.63) is 69.7 Å². The second-order valence-corrected chi connectivity index (χ2v) is 5.90. The number of carbonyl (C=O) groups is 2. The van der Waals surface area contributed by atoms with E-state index in [4.69, 9.17) is 23.2 Å². The lowest BCUT2D eigenvalue weighted by molar-refractivity contribution is -0.128. The fourth-order valence-electron chi connectivity index (χ4n) is 1.98. The molecule has 0 aliphatic carbocycles. The number of hydrogen-bond acceptors (Lipinski definition) is 2. The van der Waals surface area contributed by atoms with Crippen molar-refractivity contribution in [3.8, 4) is 0 Å². The van der Waals surface area contributed by atoms with Crippen molar-refractivity contribution in [3.63, 3.8) is 0 Å². The number of rotatable bonds is 5. The molecule has 0 saturated carbocycles. The predicted octanol–water partition coefficient (Wildman–Crippen LogP) is 3.32. The standard InChI is InChI=1S/C17H16Cl2N2O2/c18-14-7-4-13(5-8-14)11-17(23)21-20-16(22)9-6-12-2-1-3-15(19)10-12/h1-5,7-8,10H,6,9,11H2,(H,20,22)(H,21,23). The quantitative estimate of drug-likeness (QED) is 0.812. The highest BCUT2D eigenvalue weighted by Crippen LogP contribution is 2.12. The summed E-state index contributed by atoms with van der Waals surface area (Å²) in [7, 11) is 0. The molecule has 6 heteroatoms. The summed E-state index contributed by atoms with van der Waals surface area (Å²) in [5, 5.41) is 1.25. The fraction of sp³-hybridized carbons (Fsp3) is 0.176. The first-order chi connectivity index (χ1) is 11.0. The van der Waals surface area contributed by atoms with Gasteiger partial charge in [0, 0.05) is 16.5 Å². The molecule has 4 nitrogen and oxygen atoms in total. The number of amides is 2. The summed E-state index contributed by atoms with van der Waals surface area (Å²) in [6.07, 6.45) is 0.993. The van der Waals surface area contributed by atoms with Crippen LogP contribution in [0.4, 0.5) is 0 Å². The van der Waals surface area contributed by atoms with Gasteiger partial charge in [0.15, 0.2) is 0 Å². The predicted molar refractivity (Wildman–Crippen MR) is 91.2 cm³/mol. The summed E-state index contributed by atoms with van der Waals surface area (Å²) in [5.41, 5.74) is 6.59. The Morgan fingerprint density at radius 3 is 2.22 bits per heavy atom. The largest absolute Gasteiger partial charge is 0.273 e. The van der Waals surface area contributed by atoms with Crippen molar-refractivity contribution in [2.45, 2.75) is 19.3 Å². The molecular formula is C17H16Cl2N2O2. The molecule has 2 rings (SSSR count). The highest BCUT2D eigenvalue weighted by molar-refractivity contribution is 6.30. The number of halogens is 2. The Bertz CT molecular complexity index is 687. The van der Waals surface area contributed by atoms with Gasteiger partial charge in [-0.3, -0.25) is 20.4 Å². The second-order valence-electron chi connectivity index (χ2n) is 5.03. The van der Waals surface area contributed by atoms with E-state index in [0.717, 1.165) is 11.1 Å². The molecule has 0 aliphatic rings. The molecule has 0 radical (unpaired) electrons. The lowest BCUT2D eigenvalue weighted by atomic mass is 10.1. The number of carbonyl (C=O) groups excluding carboxylic acids is 2. The van der Waals surface area contributed by atoms with Crippen molar-refractivity contribution in [2.24, 2.45) is 0 Å². The molecular weight excluding hydrogens is 335 g/mol. The van der Waals surface area contributed by atoms with Gasteiger partial charge >= 0.3 is 0 Å². The van der Waals surface area contributed by atoms with Gasteiger partial charge in [-0.2, -0.15) is 0 Å². The topological polar surface area (TPSA) is 58.2 Å². The van der Waals surface area contributed by atoms with Crippen LogP contribution in [0.2, 0.25) is 10.0 Å². The number of hydrazine groups is 1. The zero-order valence-electron chi connectivity index (χ0n) is 12.3. The van der Waals surface area contributed by atoms with Crippen LogP contribution >= 0.6 is 23.2 Å². The minimum atomic E-state index is -0.288. The summed E-state index contributed by atoms with van der Waals surface area (Å²) in [6, 6.07) is 14.3. The lowest BCUT2D eigenvalue weighted by Gasteiger charge is -2.08. The van der Waals surface area contributed by atoms with E-state index in [9.17, 15) is 9.59 Å². The Morgan fingerprint density at radius 2 is 1.52 bits per heavy atom. The summed E-state index contributed by atoms with van der Waals surface area (Å²) < 4.78 is 0. The summed E-state index contributed by atoms with van der Waals surface area (Å²) in [4.78, 5) is 23.5. The van der Waals surface area contributed by atoms with E-state index in [1.165, 1.54) is 0 Å². The van der Waals surface area contributed by atoms with Crippen LogP contribution in [0.15, 0.2) is 48.5 Å². The highest BCUT2D eigenvalue weighted by atomic mass is 35.5. The summed E-state index contributed by atoms with van der Waals surface area (Å²) in [6.45, 7) is 0. The van der Waals surface area contributed by atoms with Crippen molar-refractivity contribution in [1.29, 1.82) is 0 Å². The molecule has 120 valence electrons. The van der Waals surface area contributed by atoms with Crippen LogP contribution in [0.25, 0.3) is 0 Å². The van der Waals surface area contributed by atoms with E-state index < -0.39 is 0 Å². The zero-order chi connectivity index (χ0) is 16.7. The van der Waals surface area contributed by atoms with Crippen LogP contribution in [0, 0.1) is 0 Å². The Hall–Kier alpha value is -2.04. The van der Waals surface area contributed by atoms with Gasteiger partial charge in [0.1, 0.15) is 0 Å². The molecule has 23 heavy (non-hydrogen) atoms. The number of aryl methyl sites for hydroxylation is 1. The van der Waals surface area contributed by atoms with E-state index in [1.807, 2.05) is 18.2 Å². The van der Waals surface area contributed by atoms with Gasteiger partial charge in [-0.15, -0.1) is 0 Å². The smallest absolute Gasteiger partial charge is 0.242 e. The van der Waals surface area contributed by atoms with Crippen LogP contribution in [0.5, 0.6) is 0 Å². The number of nitrogens with one attached hydrogen (secondary N) is 2. The summed E-state index contributed by atoms with van der Waals surface area (Å²) in [5.74, 6) is -0.544. The van der Waals surface area contributed by atoms with Crippen LogP contribution in [0.3, 0.4) is 0 Å². The molecule has 0 saturated heterocycles. The van der Waals surface area contributed by atoms with Crippen molar-refractivity contribution in [1.82, 2.24) is 10.9 Å². The maximum absolute atomic E-state index is 11.7. The molecule has 0 aliphatic heterocycles. The Kier molecular flexibility index (Phi) is 6.44. The molecule has 2 aromatic carbocycles. The second kappa shape index (κ2) is 8.56. The van der Waals surface area contributed by atoms with Crippen molar-refractivity contribution < 1.29 is 9.59 Å². The van der Waals surface area contributed by atoms with Crippen LogP contribution in [0.1, 0.15) is 17.5 Å². The Balaban J connectivity index is 1.71. The lowest BCUT2D eigenvalue weighted by Crippen LogP contribution is -2.42. The van der Waals surface area contributed by atoms with Gasteiger partial charge in [0.2, 0.25) is 11.8 Å². The molecule has 0 heterocycles. The molecule has 0 aromatic heterocycles. The molecule has 0 unspecified atom stereocenters. The maximum atomic E-state index is 11.7. The Morgan fingerprint density at radius 1 is 0.826 bits per heavy atom. The average molecular weight is 351 g/mol. The van der Waals surface area contributed by atoms with Crippen molar-refractivity contribution >= 4 is 35.0 Å². The van der Waals surface area contributed by atoms with Gasteiger partial charge in [-0.1, -0.05) is 47.5 Å². The first kappa shape index (κ1) is 17.3. The molecule has 0 spiro atoms. The van der Waals surface area contributed by atoms with E-state index >= 15 is 0 Å². The van der Waals surface area contributed by atoms with Gasteiger partial charge in [-0.05, 0) is 41.8 Å². The molecule has 0 fully saturated rings. The minimum absolute atomic E-state index is 0.172. The number of benzene rings is 2. The van der Waals surface area contributed by atoms with Crippen LogP contribution < -0.4 is 10.9 Å². The molecule has 2 aromatic rings. The average Bonchev–Trinajstić information content (AvgIpc) is 2.53. The third kappa shape index (κ3) is 6.30. The van der Waals surface area contributed by atoms with Crippen LogP contribution in [-0.2, 0) is 22.4 Å². The first-order valence-corrected chi connectivity index (χ1v) is 7.85. The minimum Gasteiger partial charge on any atom is -0.273 e. The SMILES string of the molecule is O=C(CCc1cccc(Cl)c1)NNC(=O)Cc1ccc(Cl)cc1. The highest BCUT2D eigenvalue weighted by Gasteiger charge is 2.06. The molecule has 2 amide bonds. The van der Waals surface area contributed by atoms with Gasteiger partial charge in [-0.25, -0.2) is 0 Å². The first-order valence-electron chi connectivity index (χ1n) is 7.09. The number of hydrogen-bond donors (Lipinski definition) is 2. The fourth-order valence-corrected chi connectivity index (χ4v) is 2.32. The third-order valence-electron chi connectivity index (χ3n) is 3.15. The molecule has 0 atom stereocenters. The maximum Gasteiger partial charge on any atom is 0.242 e. The van der Waals surface area contributed by atoms with E-state index in [-0.39, 0.29) is 24.7 Å². The third-order valence-corrected chi connectivity index (χ3v) is 3.64. The molecule has 0 bridgehead atoms. The monoisotopic (exact) mass is 350 g/mol. The molecule has 2 N–H and O–H groups in total.